The van der Waals surface area contributed by atoms with Crippen LogP contribution in [0.5, 0.6) is 11.5 Å². The fourth-order valence-corrected chi connectivity index (χ4v) is 9.21. The van der Waals surface area contributed by atoms with Gasteiger partial charge in [-0.3, -0.25) is 19.4 Å². The van der Waals surface area contributed by atoms with E-state index in [1.807, 2.05) is 27.7 Å². The summed E-state index contributed by atoms with van der Waals surface area (Å²) in [7, 11) is -9.07. The quantitative estimate of drug-likeness (QED) is 0.112. The third-order valence-electron chi connectivity index (χ3n) is 10.9. The molecule has 0 spiro atoms. The van der Waals surface area contributed by atoms with Crippen molar-refractivity contribution < 1.29 is 53.8 Å². The van der Waals surface area contributed by atoms with Gasteiger partial charge in [0.2, 0.25) is 0 Å². The Morgan fingerprint density at radius 1 is 0.585 bits per heavy atom. The molecule has 2 aliphatic rings. The van der Waals surface area contributed by atoms with E-state index in [-0.39, 0.29) is 131 Å². The number of carbonyl (C=O) groups excluding carboxylic acids is 2. The Balaban J connectivity index is 0.000000280. The number of amides is 2. The van der Waals surface area contributed by atoms with Gasteiger partial charge < -0.3 is 28.4 Å². The van der Waals surface area contributed by atoms with Gasteiger partial charge in [0.1, 0.15) is 23.1 Å². The first-order chi connectivity index (χ1) is 30.0. The van der Waals surface area contributed by atoms with E-state index in [9.17, 15) is 44.3 Å². The summed E-state index contributed by atoms with van der Waals surface area (Å²) in [5.41, 5.74) is 2.23. The molecule has 0 aromatic heterocycles. The van der Waals surface area contributed by atoms with Crippen LogP contribution in [0.2, 0.25) is 10.0 Å². The van der Waals surface area contributed by atoms with Crippen molar-refractivity contribution >= 4 is 93.0 Å². The van der Waals surface area contributed by atoms with Crippen molar-refractivity contribution in [1.82, 2.24) is 19.6 Å². The molecule has 0 radical (unpaired) electrons. The SMILES string of the molecule is C[C@@H]1CN(Cc2ccc(F)cc2)[C@@H](C)CN1C(=O)COc1ccc(Cl)cc1CS(=O)(=O)[O-].C[C@@H]1CN(Cc2ccc(F)cc2)[C@@H](C)CN1C(=O)COc1ccc(Cl)cc1CS(=O)(=O)[O-].[Ca+2]. The zero-order chi connectivity index (χ0) is 46.9. The number of ether oxygens (including phenoxy) is 2. The topological polar surface area (TPSA) is 180 Å². The number of rotatable bonds is 14. The molecule has 2 aliphatic heterocycles. The maximum absolute atomic E-state index is 13.1. The maximum Gasteiger partial charge on any atom is 2.00 e. The summed E-state index contributed by atoms with van der Waals surface area (Å²) >= 11 is 11.8. The van der Waals surface area contributed by atoms with E-state index < -0.39 is 31.7 Å². The van der Waals surface area contributed by atoms with Gasteiger partial charge in [0.25, 0.3) is 11.8 Å². The van der Waals surface area contributed by atoms with Gasteiger partial charge in [0.15, 0.2) is 13.2 Å². The summed E-state index contributed by atoms with van der Waals surface area (Å²) in [6, 6.07) is 21.3. The summed E-state index contributed by atoms with van der Waals surface area (Å²) in [5.74, 6) is -2.30. The zero-order valence-corrected chi connectivity index (χ0v) is 41.7. The Morgan fingerprint density at radius 3 is 1.25 bits per heavy atom. The van der Waals surface area contributed by atoms with Crippen molar-refractivity contribution in [2.75, 3.05) is 39.4 Å². The fourth-order valence-electron chi connectivity index (χ4n) is 7.61. The Labute approximate surface area is 419 Å². The predicted molar refractivity (Wildman–Crippen MR) is 241 cm³/mol. The molecular weight excluding hydrogens is 958 g/mol. The van der Waals surface area contributed by atoms with Crippen LogP contribution < -0.4 is 9.47 Å². The first-order valence-electron chi connectivity index (χ1n) is 20.3. The molecule has 4 atom stereocenters. The van der Waals surface area contributed by atoms with Gasteiger partial charge in [0.05, 0.1) is 31.7 Å². The summed E-state index contributed by atoms with van der Waals surface area (Å²) < 4.78 is 104. The first-order valence-corrected chi connectivity index (χ1v) is 24.2. The molecule has 4 aromatic carbocycles. The van der Waals surface area contributed by atoms with Crippen molar-refractivity contribution in [1.29, 1.82) is 0 Å². The van der Waals surface area contributed by atoms with Gasteiger partial charge in [-0.05, 0) is 99.5 Å². The average molecular weight is 1010 g/mol. The predicted octanol–water partition coefficient (Wildman–Crippen LogP) is 5.67. The summed E-state index contributed by atoms with van der Waals surface area (Å²) in [6.07, 6.45) is 0. The number of nitrogens with zero attached hydrogens (tertiary/aromatic N) is 4. The van der Waals surface area contributed by atoms with E-state index in [4.69, 9.17) is 32.7 Å². The number of halogens is 4. The molecule has 0 N–H and O–H groups in total. The van der Waals surface area contributed by atoms with Crippen LogP contribution in [0.3, 0.4) is 0 Å². The maximum atomic E-state index is 13.1. The Morgan fingerprint density at radius 2 is 0.923 bits per heavy atom. The van der Waals surface area contributed by atoms with Crippen LogP contribution in [0, 0.1) is 11.6 Å². The molecule has 6 rings (SSSR count). The van der Waals surface area contributed by atoms with Crippen LogP contribution in [0.1, 0.15) is 49.9 Å². The molecule has 348 valence electrons. The smallest absolute Gasteiger partial charge is 0.748 e. The van der Waals surface area contributed by atoms with Gasteiger partial charge in [-0.25, -0.2) is 25.6 Å². The largest absolute Gasteiger partial charge is 2.00 e. The van der Waals surface area contributed by atoms with Crippen molar-refractivity contribution in [3.05, 3.63) is 129 Å². The molecular formula is C44H50CaCl2F2N4O10S2. The average Bonchev–Trinajstić information content (AvgIpc) is 3.20. The third kappa shape index (κ3) is 17.2. The Hall–Kier alpha value is -3.14. The molecule has 2 heterocycles. The molecule has 0 unspecified atom stereocenters. The molecule has 4 aromatic rings. The summed E-state index contributed by atoms with van der Waals surface area (Å²) in [5, 5.41) is 0.532. The van der Waals surface area contributed by atoms with Gasteiger partial charge in [0, 0.05) is 84.6 Å². The van der Waals surface area contributed by atoms with Crippen molar-refractivity contribution in [2.45, 2.75) is 76.5 Å². The zero-order valence-electron chi connectivity index (χ0n) is 36.4. The minimum atomic E-state index is -4.54. The molecule has 21 heteroatoms. The van der Waals surface area contributed by atoms with Crippen LogP contribution in [0.15, 0.2) is 84.9 Å². The van der Waals surface area contributed by atoms with Crippen molar-refractivity contribution in [2.24, 2.45) is 0 Å². The first kappa shape index (κ1) is 54.5. The van der Waals surface area contributed by atoms with Crippen LogP contribution in [0.25, 0.3) is 0 Å². The number of hydrogen-bond donors (Lipinski definition) is 0. The number of benzene rings is 4. The summed E-state index contributed by atoms with van der Waals surface area (Å²) in [4.78, 5) is 33.6. The van der Waals surface area contributed by atoms with E-state index in [1.165, 1.54) is 60.7 Å². The molecule has 0 bridgehead atoms. The second kappa shape index (κ2) is 24.2. The van der Waals surface area contributed by atoms with Gasteiger partial charge in [-0.1, -0.05) is 47.5 Å². The molecule has 0 aliphatic carbocycles. The Kier molecular flexibility index (Phi) is 20.3. The van der Waals surface area contributed by atoms with Crippen LogP contribution in [-0.4, -0.2) is 159 Å². The molecule has 14 nitrogen and oxygen atoms in total. The van der Waals surface area contributed by atoms with E-state index in [2.05, 4.69) is 9.80 Å². The molecule has 0 saturated carbocycles. The van der Waals surface area contributed by atoms with Crippen molar-refractivity contribution in [3.8, 4) is 11.5 Å². The third-order valence-corrected chi connectivity index (χ3v) is 12.7. The second-order valence-corrected chi connectivity index (χ2v) is 19.8. The molecule has 65 heavy (non-hydrogen) atoms. The molecule has 2 saturated heterocycles. The van der Waals surface area contributed by atoms with Gasteiger partial charge in [-0.2, -0.15) is 0 Å². The van der Waals surface area contributed by atoms with Crippen LogP contribution in [0.4, 0.5) is 8.78 Å². The van der Waals surface area contributed by atoms with E-state index in [1.54, 1.807) is 34.1 Å². The second-order valence-electron chi connectivity index (χ2n) is 16.1. The van der Waals surface area contributed by atoms with Crippen molar-refractivity contribution in [3.63, 3.8) is 0 Å². The monoisotopic (exact) mass is 1010 g/mol. The van der Waals surface area contributed by atoms with Crippen LogP contribution in [-0.2, 0) is 54.4 Å². The Bertz CT molecular complexity index is 2310. The molecule has 2 amide bonds. The van der Waals surface area contributed by atoms with Gasteiger partial charge >= 0.3 is 37.7 Å². The number of hydrogen-bond acceptors (Lipinski definition) is 12. The minimum absolute atomic E-state index is 0. The van der Waals surface area contributed by atoms with Crippen LogP contribution >= 0.6 is 23.2 Å². The number of carbonyl (C=O) groups is 2. The van der Waals surface area contributed by atoms with E-state index in [0.717, 1.165) is 11.1 Å². The summed E-state index contributed by atoms with van der Waals surface area (Å²) in [6.45, 7) is 10.9. The van der Waals surface area contributed by atoms with Gasteiger partial charge in [-0.15, -0.1) is 0 Å². The van der Waals surface area contributed by atoms with E-state index >= 15 is 0 Å². The number of piperazine rings is 2. The standard InChI is InChI=1S/2C22H26ClFN2O5S.Ca/c2*1-15-11-26(16(2)10-25(15)12-17-3-6-20(24)7-4-17)22(27)13-31-21-8-5-19(23)9-18(21)14-32(28,29)30;/h2*3-9,15-16H,10-14H2,1-2H3,(H,28,29,30);/q;;+2/p-2/t2*15-,16+;/m00./s1. The molecule has 2 fully saturated rings. The minimum Gasteiger partial charge on any atom is -0.748 e. The fraction of sp³-hybridized carbons (Fsp3) is 0.409. The van der Waals surface area contributed by atoms with E-state index in [0.29, 0.717) is 39.3 Å². The normalized spacial score (nSPS) is 19.4.